The predicted octanol–water partition coefficient (Wildman–Crippen LogP) is 3.54. The fourth-order valence-electron chi connectivity index (χ4n) is 0.134. The third kappa shape index (κ3) is 2.63. The van der Waals surface area contributed by atoms with Crippen molar-refractivity contribution in [3.05, 3.63) is 4.84 Å². The predicted molar refractivity (Wildman–Crippen MR) is 39.7 cm³/mol. The van der Waals surface area contributed by atoms with E-state index in [4.69, 9.17) is 46.4 Å². The minimum atomic E-state index is -1.07. The Hall–Kier alpha value is 1.16. The average Bonchev–Trinajstić information content (AvgIpc) is 1.67. The summed E-state index contributed by atoms with van der Waals surface area (Å²) in [7, 11) is 0. The molecule has 0 nitrogen and oxygen atoms in total. The third-order valence-electron chi connectivity index (χ3n) is 0.721. The van der Waals surface area contributed by atoms with Gasteiger partial charge in [-0.1, -0.05) is 53.3 Å². The highest BCUT2D eigenvalue weighted by Gasteiger charge is 2.30. The number of rotatable bonds is 2. The molecule has 49 valence electrons. The highest BCUT2D eigenvalue weighted by Crippen LogP contribution is 2.40. The van der Waals surface area contributed by atoms with Crippen LogP contribution in [0.4, 0.5) is 0 Å². The van der Waals surface area contributed by atoms with Crippen LogP contribution in [0.3, 0.4) is 0 Å². The van der Waals surface area contributed by atoms with Crippen molar-refractivity contribution in [3.8, 4) is 0 Å². The Morgan fingerprint density at radius 2 is 1.75 bits per heavy atom. The van der Waals surface area contributed by atoms with Gasteiger partial charge in [0.1, 0.15) is 0 Å². The van der Waals surface area contributed by atoms with E-state index >= 15 is 0 Å². The molecule has 0 atom stereocenters. The molecule has 0 heterocycles. The first-order valence-electron chi connectivity index (χ1n) is 2.07. The standard InChI is InChI=1S/C4H5Cl4/c1-2-4(7,8)3(5)6/h2H2,1H3. The van der Waals surface area contributed by atoms with E-state index in [-0.39, 0.29) is 4.84 Å². The summed E-state index contributed by atoms with van der Waals surface area (Å²) in [5, 5.41) is 0. The molecule has 0 aromatic heterocycles. The van der Waals surface area contributed by atoms with E-state index in [0.29, 0.717) is 6.42 Å². The molecule has 0 unspecified atom stereocenters. The first kappa shape index (κ1) is 9.16. The second-order valence-electron chi connectivity index (χ2n) is 1.32. The van der Waals surface area contributed by atoms with Gasteiger partial charge in [-0.3, -0.25) is 0 Å². The van der Waals surface area contributed by atoms with Gasteiger partial charge in [0.25, 0.3) is 0 Å². The molecule has 0 fully saturated rings. The van der Waals surface area contributed by atoms with E-state index < -0.39 is 4.33 Å². The van der Waals surface area contributed by atoms with Crippen LogP contribution in [-0.4, -0.2) is 4.33 Å². The first-order valence-corrected chi connectivity index (χ1v) is 3.58. The Bertz CT molecular complexity index is 68.4. The van der Waals surface area contributed by atoms with E-state index in [1.807, 2.05) is 0 Å². The molecule has 0 aliphatic heterocycles. The van der Waals surface area contributed by atoms with Crippen LogP contribution in [0.1, 0.15) is 13.3 Å². The summed E-state index contributed by atoms with van der Waals surface area (Å²) in [6.07, 6.45) is 0.512. The van der Waals surface area contributed by atoms with Crippen molar-refractivity contribution in [1.29, 1.82) is 0 Å². The summed E-state index contributed by atoms with van der Waals surface area (Å²) in [6, 6.07) is 0. The van der Waals surface area contributed by atoms with E-state index in [2.05, 4.69) is 0 Å². The molecule has 0 aromatic rings. The fourth-order valence-corrected chi connectivity index (χ4v) is 0.401. The maximum Gasteiger partial charge on any atom is 0.186 e. The van der Waals surface area contributed by atoms with E-state index in [1.54, 1.807) is 6.92 Å². The van der Waals surface area contributed by atoms with Crippen molar-refractivity contribution in [3.63, 3.8) is 0 Å². The van der Waals surface area contributed by atoms with Gasteiger partial charge in [-0.2, -0.15) is 0 Å². The van der Waals surface area contributed by atoms with Crippen molar-refractivity contribution in [2.75, 3.05) is 0 Å². The summed E-state index contributed by atoms with van der Waals surface area (Å²) in [5.41, 5.74) is 0. The molecule has 0 rings (SSSR count). The van der Waals surface area contributed by atoms with Crippen LogP contribution in [0.25, 0.3) is 0 Å². The molecule has 8 heavy (non-hydrogen) atoms. The molecule has 0 aliphatic carbocycles. The van der Waals surface area contributed by atoms with Gasteiger partial charge in [0.05, 0.1) is 0 Å². The van der Waals surface area contributed by atoms with Crippen molar-refractivity contribution in [2.45, 2.75) is 17.7 Å². The molecular formula is C4H5Cl4. The summed E-state index contributed by atoms with van der Waals surface area (Å²) in [4.78, 5) is 0.00309. The number of alkyl halides is 2. The maximum atomic E-state index is 5.52. The van der Waals surface area contributed by atoms with Crippen molar-refractivity contribution in [2.24, 2.45) is 0 Å². The molecule has 0 saturated heterocycles. The lowest BCUT2D eigenvalue weighted by Gasteiger charge is -2.15. The zero-order valence-corrected chi connectivity index (χ0v) is 7.24. The fraction of sp³-hybridized carbons (Fsp3) is 0.750. The Morgan fingerprint density at radius 1 is 1.38 bits per heavy atom. The lowest BCUT2D eigenvalue weighted by molar-refractivity contribution is 0.861. The Labute approximate surface area is 69.0 Å². The van der Waals surface area contributed by atoms with Crippen molar-refractivity contribution in [1.82, 2.24) is 0 Å². The summed E-state index contributed by atoms with van der Waals surface area (Å²) in [6.45, 7) is 1.80. The smallest absolute Gasteiger partial charge is 0.0982 e. The van der Waals surface area contributed by atoms with Crippen LogP contribution < -0.4 is 0 Å². The van der Waals surface area contributed by atoms with Crippen molar-refractivity contribution < 1.29 is 0 Å². The molecular weight excluding hydrogens is 190 g/mol. The van der Waals surface area contributed by atoms with Gasteiger partial charge < -0.3 is 0 Å². The molecule has 0 N–H and O–H groups in total. The van der Waals surface area contributed by atoms with Gasteiger partial charge >= 0.3 is 0 Å². The molecule has 0 aliphatic rings. The van der Waals surface area contributed by atoms with Gasteiger partial charge in [-0.25, -0.2) is 0 Å². The molecule has 0 saturated carbocycles. The maximum absolute atomic E-state index is 5.52. The zero-order chi connectivity index (χ0) is 6.78. The molecule has 0 spiro atoms. The lowest BCUT2D eigenvalue weighted by atomic mass is 10.4. The van der Waals surface area contributed by atoms with Crippen LogP contribution >= 0.6 is 46.4 Å². The van der Waals surface area contributed by atoms with Gasteiger partial charge in [0.2, 0.25) is 0 Å². The number of halogens is 4. The minimum absolute atomic E-state index is 0.00309. The van der Waals surface area contributed by atoms with Gasteiger partial charge in [0, 0.05) is 0 Å². The van der Waals surface area contributed by atoms with E-state index in [9.17, 15) is 0 Å². The number of hydrogen-bond acceptors (Lipinski definition) is 0. The van der Waals surface area contributed by atoms with E-state index in [0.717, 1.165) is 0 Å². The highest BCUT2D eigenvalue weighted by molar-refractivity contribution is 6.65. The van der Waals surface area contributed by atoms with Crippen LogP contribution in [0.2, 0.25) is 0 Å². The van der Waals surface area contributed by atoms with Crippen molar-refractivity contribution >= 4 is 46.4 Å². The molecule has 0 aromatic carbocycles. The monoisotopic (exact) mass is 193 g/mol. The summed E-state index contributed by atoms with van der Waals surface area (Å²) in [5.74, 6) is 0. The molecule has 0 bridgehead atoms. The normalized spacial score (nSPS) is 12.8. The summed E-state index contributed by atoms with van der Waals surface area (Å²) < 4.78 is -1.07. The molecule has 0 amide bonds. The van der Waals surface area contributed by atoms with Crippen LogP contribution in [0.15, 0.2) is 0 Å². The molecule has 1 radical (unpaired) electrons. The minimum Gasteiger partial charge on any atom is -0.0982 e. The number of hydrogen-bond donors (Lipinski definition) is 0. The Kier molecular flexibility index (Phi) is 3.85. The van der Waals surface area contributed by atoms with Crippen LogP contribution in [0.5, 0.6) is 0 Å². The Balaban J connectivity index is 3.71. The quantitative estimate of drug-likeness (QED) is 0.591. The second-order valence-corrected chi connectivity index (χ2v) is 3.75. The van der Waals surface area contributed by atoms with Crippen LogP contribution in [0, 0.1) is 4.84 Å². The average molecular weight is 195 g/mol. The van der Waals surface area contributed by atoms with Gasteiger partial charge in [0.15, 0.2) is 9.17 Å². The summed E-state index contributed by atoms with van der Waals surface area (Å²) >= 11 is 21.6. The highest BCUT2D eigenvalue weighted by atomic mass is 35.5. The molecule has 4 heteroatoms. The van der Waals surface area contributed by atoms with Gasteiger partial charge in [-0.15, -0.1) is 0 Å². The zero-order valence-electron chi connectivity index (χ0n) is 4.22. The van der Waals surface area contributed by atoms with Crippen LogP contribution in [-0.2, 0) is 0 Å². The SMILES string of the molecule is CCC(Cl)(Cl)[C](Cl)Cl. The van der Waals surface area contributed by atoms with Gasteiger partial charge in [-0.05, 0) is 6.42 Å². The van der Waals surface area contributed by atoms with E-state index in [1.165, 1.54) is 0 Å². The largest absolute Gasteiger partial charge is 0.186 e. The first-order chi connectivity index (χ1) is 3.50. The lowest BCUT2D eigenvalue weighted by Crippen LogP contribution is -2.13. The topological polar surface area (TPSA) is 0 Å². The Morgan fingerprint density at radius 3 is 1.75 bits per heavy atom. The second kappa shape index (κ2) is 3.36. The third-order valence-corrected chi connectivity index (χ3v) is 2.67.